The Morgan fingerprint density at radius 1 is 1.17 bits per heavy atom. The number of carbonyl (C=O) groups is 1. The number of halogens is 4. The van der Waals surface area contributed by atoms with Gasteiger partial charge in [-0.05, 0) is 63.1 Å². The molecule has 166 valence electrons. The van der Waals surface area contributed by atoms with Crippen molar-refractivity contribution in [1.82, 2.24) is 9.80 Å². The largest absolute Gasteiger partial charge is 0.493 e. The van der Waals surface area contributed by atoms with E-state index in [-0.39, 0.29) is 5.75 Å². The second kappa shape index (κ2) is 8.36. The molecule has 2 heterocycles. The number of rotatable bonds is 7. The number of alkyl halides is 2. The maximum atomic E-state index is 14.3. The first kappa shape index (κ1) is 21.4. The smallest absolute Gasteiger partial charge is 0.282 e. The van der Waals surface area contributed by atoms with Crippen LogP contribution < -0.4 is 4.74 Å². The summed E-state index contributed by atoms with van der Waals surface area (Å²) in [5, 5.41) is 0. The fourth-order valence-corrected chi connectivity index (χ4v) is 4.86. The zero-order valence-corrected chi connectivity index (χ0v) is 17.2. The summed E-state index contributed by atoms with van der Waals surface area (Å²) in [5.74, 6) is -4.09. The van der Waals surface area contributed by atoms with Gasteiger partial charge in [0.2, 0.25) is 0 Å². The minimum absolute atomic E-state index is 0.0175. The van der Waals surface area contributed by atoms with Gasteiger partial charge in [-0.15, -0.1) is 0 Å². The molecule has 30 heavy (non-hydrogen) atoms. The van der Waals surface area contributed by atoms with Gasteiger partial charge in [-0.2, -0.15) is 0 Å². The highest BCUT2D eigenvalue weighted by Gasteiger charge is 2.47. The molecule has 1 amide bonds. The molecule has 0 unspecified atom stereocenters. The van der Waals surface area contributed by atoms with Gasteiger partial charge < -0.3 is 14.5 Å². The molecule has 4 rings (SSSR count). The number of benzene rings is 1. The summed E-state index contributed by atoms with van der Waals surface area (Å²) in [5.41, 5.74) is -0.807. The zero-order valence-electron chi connectivity index (χ0n) is 17.2. The van der Waals surface area contributed by atoms with Crippen molar-refractivity contribution in [1.29, 1.82) is 0 Å². The zero-order chi connectivity index (χ0) is 21.5. The topological polar surface area (TPSA) is 32.8 Å². The molecule has 8 heteroatoms. The fourth-order valence-electron chi connectivity index (χ4n) is 4.86. The normalized spacial score (nSPS) is 26.4. The van der Waals surface area contributed by atoms with Crippen molar-refractivity contribution < 1.29 is 27.1 Å². The van der Waals surface area contributed by atoms with Crippen LogP contribution in [0.2, 0.25) is 0 Å². The number of hydrogen-bond acceptors (Lipinski definition) is 3. The van der Waals surface area contributed by atoms with Crippen LogP contribution in [-0.4, -0.2) is 61.0 Å². The molecule has 0 bridgehead atoms. The quantitative estimate of drug-likeness (QED) is 0.611. The first-order chi connectivity index (χ1) is 14.3. The molecule has 3 fully saturated rings. The monoisotopic (exact) mass is 428 g/mol. The molecule has 2 saturated heterocycles. The fraction of sp³-hybridized carbons (Fsp3) is 0.682. The first-order valence-electron chi connectivity index (χ1n) is 10.8. The number of likely N-dealkylation sites (tertiary alicyclic amines) is 2. The Bertz CT molecular complexity index is 764. The van der Waals surface area contributed by atoms with Crippen LogP contribution >= 0.6 is 0 Å². The molecule has 4 nitrogen and oxygen atoms in total. The van der Waals surface area contributed by atoms with Crippen LogP contribution in [0.15, 0.2) is 12.1 Å². The number of nitrogens with zero attached hydrogens (tertiary/aromatic N) is 2. The lowest BCUT2D eigenvalue weighted by molar-refractivity contribution is -0.113. The Labute approximate surface area is 174 Å². The second-order valence-electron chi connectivity index (χ2n) is 8.85. The van der Waals surface area contributed by atoms with E-state index in [2.05, 4.69) is 11.8 Å². The van der Waals surface area contributed by atoms with Gasteiger partial charge in [0.1, 0.15) is 22.9 Å². The molecule has 0 aromatic heterocycles. The molecule has 0 spiro atoms. The van der Waals surface area contributed by atoms with Gasteiger partial charge in [0.05, 0.1) is 19.7 Å². The molecule has 2 aliphatic heterocycles. The number of piperidine rings is 1. The second-order valence-corrected chi connectivity index (χ2v) is 8.85. The van der Waals surface area contributed by atoms with Gasteiger partial charge in [-0.1, -0.05) is 6.92 Å². The number of carbonyl (C=O) groups excluding carboxylic acids is 1. The summed E-state index contributed by atoms with van der Waals surface area (Å²) in [6, 6.07) is 1.91. The highest BCUT2D eigenvalue weighted by molar-refractivity contribution is 5.95. The van der Waals surface area contributed by atoms with E-state index in [0.717, 1.165) is 41.8 Å². The van der Waals surface area contributed by atoms with Gasteiger partial charge in [0.15, 0.2) is 0 Å². The average molecular weight is 428 g/mol. The van der Waals surface area contributed by atoms with E-state index in [4.69, 9.17) is 4.74 Å². The maximum Gasteiger partial charge on any atom is 0.282 e. The van der Waals surface area contributed by atoms with E-state index in [1.165, 1.54) is 32.4 Å². The van der Waals surface area contributed by atoms with Gasteiger partial charge in [0.25, 0.3) is 11.8 Å². The third kappa shape index (κ3) is 4.58. The van der Waals surface area contributed by atoms with E-state index in [1.54, 1.807) is 0 Å². The highest BCUT2D eigenvalue weighted by atomic mass is 19.3. The van der Waals surface area contributed by atoms with Crippen LogP contribution in [0.5, 0.6) is 5.75 Å². The lowest BCUT2D eigenvalue weighted by Gasteiger charge is -2.38. The van der Waals surface area contributed by atoms with Crippen molar-refractivity contribution >= 4 is 5.91 Å². The predicted molar refractivity (Wildman–Crippen MR) is 104 cm³/mol. The van der Waals surface area contributed by atoms with E-state index in [9.17, 15) is 22.4 Å². The summed E-state index contributed by atoms with van der Waals surface area (Å²) >= 11 is 0. The predicted octanol–water partition coefficient (Wildman–Crippen LogP) is 4.19. The number of ether oxygens (including phenoxy) is 1. The Morgan fingerprint density at radius 2 is 1.80 bits per heavy atom. The summed E-state index contributed by atoms with van der Waals surface area (Å²) in [4.78, 5) is 15.3. The number of amides is 1. The van der Waals surface area contributed by atoms with Crippen molar-refractivity contribution in [3.63, 3.8) is 0 Å². The van der Waals surface area contributed by atoms with Gasteiger partial charge >= 0.3 is 0 Å². The summed E-state index contributed by atoms with van der Waals surface area (Å²) in [6.45, 7) is 4.36. The molecule has 1 aromatic rings. The lowest BCUT2D eigenvalue weighted by atomic mass is 9.90. The molecule has 0 radical (unpaired) electrons. The molecule has 3 aliphatic rings. The minimum Gasteiger partial charge on any atom is -0.493 e. The third-order valence-corrected chi connectivity index (χ3v) is 6.78. The summed E-state index contributed by atoms with van der Waals surface area (Å²) in [6.07, 6.45) is 4.51. The van der Waals surface area contributed by atoms with Gasteiger partial charge in [-0.25, -0.2) is 17.6 Å². The Hall–Kier alpha value is -1.83. The maximum absolute atomic E-state index is 14.3. The van der Waals surface area contributed by atoms with Crippen LogP contribution in [0, 0.1) is 29.4 Å². The SMILES string of the molecule is CCN1CCC([C@H]2C[C@H]2CCOc2cc(F)c(C(=O)N3CC(F)(F)C3)c(F)c2)CC1. The molecule has 1 aromatic carbocycles. The van der Waals surface area contributed by atoms with Crippen molar-refractivity contribution in [2.24, 2.45) is 17.8 Å². The van der Waals surface area contributed by atoms with Crippen molar-refractivity contribution in [2.75, 3.05) is 39.3 Å². The third-order valence-electron chi connectivity index (χ3n) is 6.78. The van der Waals surface area contributed by atoms with Crippen LogP contribution in [0.25, 0.3) is 0 Å². The standard InChI is InChI=1S/C22H28F4N2O2/c1-2-27-6-3-14(4-7-27)17-9-15(17)5-8-30-16-10-18(23)20(19(24)11-16)21(29)28-12-22(25,26)13-28/h10-11,14-15,17H,2-9,12-13H2,1H3/t15-,17-/m1/s1. The van der Waals surface area contributed by atoms with Crippen molar-refractivity contribution in [3.8, 4) is 5.75 Å². The van der Waals surface area contributed by atoms with E-state index in [0.29, 0.717) is 12.5 Å². The van der Waals surface area contributed by atoms with Gasteiger partial charge in [0, 0.05) is 12.1 Å². The van der Waals surface area contributed by atoms with E-state index >= 15 is 0 Å². The van der Waals surface area contributed by atoms with Gasteiger partial charge in [-0.3, -0.25) is 4.79 Å². The Kier molecular flexibility index (Phi) is 5.97. The Morgan fingerprint density at radius 3 is 2.37 bits per heavy atom. The molecule has 2 atom stereocenters. The van der Waals surface area contributed by atoms with Crippen LogP contribution in [0.1, 0.15) is 43.0 Å². The van der Waals surface area contributed by atoms with Crippen molar-refractivity contribution in [3.05, 3.63) is 29.3 Å². The Balaban J connectivity index is 1.25. The average Bonchev–Trinajstić information content (AvgIpc) is 3.45. The molecular weight excluding hydrogens is 400 g/mol. The first-order valence-corrected chi connectivity index (χ1v) is 10.8. The number of hydrogen-bond donors (Lipinski definition) is 0. The molecular formula is C22H28F4N2O2. The summed E-state index contributed by atoms with van der Waals surface area (Å²) in [7, 11) is 0. The lowest BCUT2D eigenvalue weighted by Crippen LogP contribution is -2.58. The van der Waals surface area contributed by atoms with Crippen LogP contribution in [-0.2, 0) is 0 Å². The summed E-state index contributed by atoms with van der Waals surface area (Å²) < 4.78 is 59.9. The van der Waals surface area contributed by atoms with Crippen LogP contribution in [0.4, 0.5) is 17.6 Å². The van der Waals surface area contributed by atoms with Crippen molar-refractivity contribution in [2.45, 2.75) is 38.5 Å². The van der Waals surface area contributed by atoms with E-state index in [1.807, 2.05) is 0 Å². The molecule has 1 aliphatic carbocycles. The van der Waals surface area contributed by atoms with E-state index < -0.39 is 42.1 Å². The van der Waals surface area contributed by atoms with Crippen LogP contribution in [0.3, 0.4) is 0 Å². The molecule has 1 saturated carbocycles. The minimum atomic E-state index is -2.99. The molecule has 0 N–H and O–H groups in total. The highest BCUT2D eigenvalue weighted by Crippen LogP contribution is 2.49.